The monoisotopic (exact) mass is 584 g/mol. The molecule has 2 amide bonds. The standard InChI is InChI=1S/C33H45ClN2O5/c1-32(2,3)40-29(37)20-28(27-18-15-23-11-9-10-12-26(23)27)30(38)35(7)21-25(19-22-13-16-24(34)17-14-22)36(8)31(39)41-33(4,5)6/h9-14,16-17,25,27-28H,15,18-21H2,1-8H3/t25-,27-,28?/m1/s1. The number of fused-ring (bicyclic) bond motifs is 1. The molecular weight excluding hydrogens is 540 g/mol. The average Bonchev–Trinajstić information content (AvgIpc) is 3.29. The maximum absolute atomic E-state index is 14.2. The first kappa shape index (κ1) is 32.5. The number of carbonyl (C=O) groups is 3. The number of esters is 1. The van der Waals surface area contributed by atoms with Crippen molar-refractivity contribution < 1.29 is 23.9 Å². The Morgan fingerprint density at radius 3 is 2.15 bits per heavy atom. The van der Waals surface area contributed by atoms with E-state index in [0.717, 1.165) is 24.0 Å². The van der Waals surface area contributed by atoms with E-state index in [9.17, 15) is 14.4 Å². The Bertz CT molecular complexity index is 1220. The fourth-order valence-electron chi connectivity index (χ4n) is 5.36. The van der Waals surface area contributed by atoms with E-state index in [1.807, 2.05) is 77.9 Å². The van der Waals surface area contributed by atoms with Gasteiger partial charge in [0.05, 0.1) is 18.4 Å². The lowest BCUT2D eigenvalue weighted by Crippen LogP contribution is -2.49. The number of nitrogens with zero attached hydrogens (tertiary/aromatic N) is 2. The Kier molecular flexibility index (Phi) is 10.5. The first-order valence-corrected chi connectivity index (χ1v) is 14.7. The van der Waals surface area contributed by atoms with E-state index in [2.05, 4.69) is 12.1 Å². The van der Waals surface area contributed by atoms with Gasteiger partial charge in [0.1, 0.15) is 11.2 Å². The van der Waals surface area contributed by atoms with Crippen LogP contribution in [0.2, 0.25) is 5.02 Å². The van der Waals surface area contributed by atoms with Crippen molar-refractivity contribution in [1.82, 2.24) is 9.80 Å². The Morgan fingerprint density at radius 2 is 1.54 bits per heavy atom. The first-order chi connectivity index (χ1) is 19.0. The molecule has 0 saturated heterocycles. The number of likely N-dealkylation sites (N-methyl/N-ethyl adjacent to an activating group) is 2. The van der Waals surface area contributed by atoms with Crippen LogP contribution < -0.4 is 0 Å². The van der Waals surface area contributed by atoms with Gasteiger partial charge in [-0.1, -0.05) is 48.0 Å². The molecule has 0 saturated carbocycles. The van der Waals surface area contributed by atoms with Crippen LogP contribution in [0.4, 0.5) is 4.79 Å². The summed E-state index contributed by atoms with van der Waals surface area (Å²) in [6.45, 7) is 11.2. The van der Waals surface area contributed by atoms with Gasteiger partial charge in [-0.3, -0.25) is 9.59 Å². The molecule has 0 N–H and O–H groups in total. The molecule has 7 nitrogen and oxygen atoms in total. The third-order valence-corrected chi connectivity index (χ3v) is 7.52. The molecule has 1 aliphatic rings. The van der Waals surface area contributed by atoms with E-state index in [1.165, 1.54) is 5.56 Å². The summed E-state index contributed by atoms with van der Waals surface area (Å²) in [5, 5.41) is 0.625. The van der Waals surface area contributed by atoms with Gasteiger partial charge >= 0.3 is 12.1 Å². The van der Waals surface area contributed by atoms with Gasteiger partial charge in [-0.2, -0.15) is 0 Å². The summed E-state index contributed by atoms with van der Waals surface area (Å²) in [7, 11) is 3.43. The van der Waals surface area contributed by atoms with Crippen LogP contribution in [0.3, 0.4) is 0 Å². The molecule has 0 bridgehead atoms. The summed E-state index contributed by atoms with van der Waals surface area (Å²) in [6, 6.07) is 15.2. The zero-order valence-corrected chi connectivity index (χ0v) is 26.5. The molecule has 1 aliphatic carbocycles. The Morgan fingerprint density at radius 1 is 0.927 bits per heavy atom. The fourth-order valence-corrected chi connectivity index (χ4v) is 5.49. The van der Waals surface area contributed by atoms with Gasteiger partial charge in [0, 0.05) is 25.7 Å². The average molecular weight is 585 g/mol. The van der Waals surface area contributed by atoms with Crippen molar-refractivity contribution in [2.75, 3.05) is 20.6 Å². The Hall–Kier alpha value is -3.06. The van der Waals surface area contributed by atoms with Gasteiger partial charge in [-0.25, -0.2) is 4.79 Å². The van der Waals surface area contributed by atoms with Crippen LogP contribution in [-0.4, -0.2) is 65.7 Å². The van der Waals surface area contributed by atoms with Gasteiger partial charge < -0.3 is 19.3 Å². The summed E-state index contributed by atoms with van der Waals surface area (Å²) in [4.78, 5) is 43.4. The second-order valence-corrected chi connectivity index (χ2v) is 13.5. The van der Waals surface area contributed by atoms with Crippen LogP contribution >= 0.6 is 11.6 Å². The molecule has 41 heavy (non-hydrogen) atoms. The highest BCUT2D eigenvalue weighted by molar-refractivity contribution is 6.30. The highest BCUT2D eigenvalue weighted by Gasteiger charge is 2.39. The number of aryl methyl sites for hydroxylation is 1. The number of ether oxygens (including phenoxy) is 2. The second-order valence-electron chi connectivity index (χ2n) is 13.0. The van der Waals surface area contributed by atoms with Gasteiger partial charge in [0.25, 0.3) is 0 Å². The number of hydrogen-bond acceptors (Lipinski definition) is 5. The third-order valence-electron chi connectivity index (χ3n) is 7.26. The predicted molar refractivity (Wildman–Crippen MR) is 162 cm³/mol. The molecule has 3 rings (SSSR count). The van der Waals surface area contributed by atoms with E-state index in [-0.39, 0.29) is 30.8 Å². The molecule has 8 heteroatoms. The zero-order chi connectivity index (χ0) is 30.5. The summed E-state index contributed by atoms with van der Waals surface area (Å²) >= 11 is 6.10. The van der Waals surface area contributed by atoms with E-state index in [4.69, 9.17) is 21.1 Å². The van der Waals surface area contributed by atoms with Crippen molar-refractivity contribution in [2.24, 2.45) is 5.92 Å². The largest absolute Gasteiger partial charge is 0.460 e. The number of carbonyl (C=O) groups excluding carboxylic acids is 3. The molecule has 2 aromatic rings. The zero-order valence-electron chi connectivity index (χ0n) is 25.7. The van der Waals surface area contributed by atoms with Gasteiger partial charge in [0.15, 0.2) is 0 Å². The van der Waals surface area contributed by atoms with E-state index in [0.29, 0.717) is 11.4 Å². The minimum Gasteiger partial charge on any atom is -0.460 e. The van der Waals surface area contributed by atoms with Crippen LogP contribution in [-0.2, 0) is 31.9 Å². The minimum absolute atomic E-state index is 0.0107. The molecule has 0 aromatic heterocycles. The molecule has 0 aliphatic heterocycles. The van der Waals surface area contributed by atoms with Crippen LogP contribution in [0.15, 0.2) is 48.5 Å². The normalized spacial score (nSPS) is 16.4. The fraction of sp³-hybridized carbons (Fsp3) is 0.545. The smallest absolute Gasteiger partial charge is 0.410 e. The summed E-state index contributed by atoms with van der Waals surface area (Å²) in [6.07, 6.45) is 1.67. The topological polar surface area (TPSA) is 76.2 Å². The molecule has 1 unspecified atom stereocenters. The van der Waals surface area contributed by atoms with Crippen molar-refractivity contribution in [3.05, 3.63) is 70.2 Å². The number of halogens is 1. The van der Waals surface area contributed by atoms with Crippen molar-refractivity contribution in [3.8, 4) is 0 Å². The lowest BCUT2D eigenvalue weighted by Gasteiger charge is -2.35. The van der Waals surface area contributed by atoms with E-state index >= 15 is 0 Å². The molecule has 0 spiro atoms. The number of rotatable bonds is 9. The van der Waals surface area contributed by atoms with Crippen molar-refractivity contribution >= 4 is 29.6 Å². The van der Waals surface area contributed by atoms with Crippen LogP contribution in [0.1, 0.15) is 77.0 Å². The van der Waals surface area contributed by atoms with Crippen molar-refractivity contribution in [2.45, 2.75) is 90.4 Å². The van der Waals surface area contributed by atoms with Crippen molar-refractivity contribution in [3.63, 3.8) is 0 Å². The van der Waals surface area contributed by atoms with E-state index < -0.39 is 29.2 Å². The summed E-state index contributed by atoms with van der Waals surface area (Å²) in [5.74, 6) is -1.21. The highest BCUT2D eigenvalue weighted by Crippen LogP contribution is 2.41. The van der Waals surface area contributed by atoms with Gasteiger partial charge in [-0.05, 0) is 95.5 Å². The molecule has 2 aromatic carbocycles. The molecule has 0 heterocycles. The van der Waals surface area contributed by atoms with Gasteiger partial charge in [-0.15, -0.1) is 0 Å². The molecule has 0 fully saturated rings. The second kappa shape index (κ2) is 13.3. The molecule has 0 radical (unpaired) electrons. The first-order valence-electron chi connectivity index (χ1n) is 14.3. The lowest BCUT2D eigenvalue weighted by molar-refractivity contribution is -0.158. The molecular formula is C33H45ClN2O5. The summed E-state index contributed by atoms with van der Waals surface area (Å²) < 4.78 is 11.3. The number of benzene rings is 2. The maximum atomic E-state index is 14.2. The number of amides is 2. The van der Waals surface area contributed by atoms with Crippen LogP contribution in [0, 0.1) is 5.92 Å². The number of hydrogen-bond donors (Lipinski definition) is 0. The molecule has 224 valence electrons. The van der Waals surface area contributed by atoms with Crippen molar-refractivity contribution in [1.29, 1.82) is 0 Å². The Labute approximate surface area is 250 Å². The maximum Gasteiger partial charge on any atom is 0.410 e. The van der Waals surface area contributed by atoms with Crippen LogP contribution in [0.5, 0.6) is 0 Å². The quantitative estimate of drug-likeness (QED) is 0.308. The van der Waals surface area contributed by atoms with Crippen LogP contribution in [0.25, 0.3) is 0 Å². The van der Waals surface area contributed by atoms with Gasteiger partial charge in [0.2, 0.25) is 5.91 Å². The Balaban J connectivity index is 1.88. The summed E-state index contributed by atoms with van der Waals surface area (Å²) in [5.41, 5.74) is 2.00. The predicted octanol–water partition coefficient (Wildman–Crippen LogP) is 6.65. The highest BCUT2D eigenvalue weighted by atomic mass is 35.5. The SMILES string of the molecule is CN(C[C@@H](Cc1ccc(Cl)cc1)N(C)C(=O)OC(C)(C)C)C(=O)C(CC(=O)OC(C)(C)C)[C@@H]1CCc2ccccc21. The third kappa shape index (κ3) is 9.49. The van der Waals surface area contributed by atoms with E-state index in [1.54, 1.807) is 23.9 Å². The lowest BCUT2D eigenvalue weighted by atomic mass is 9.83. The molecule has 3 atom stereocenters. The minimum atomic E-state index is -0.660.